The molecule has 0 saturated carbocycles. The maximum Gasteiger partial charge on any atom is 0.409 e. The fraction of sp³-hybridized carbons (Fsp3) is 0.600. The number of nitro groups is 1. The van der Waals surface area contributed by atoms with E-state index in [4.69, 9.17) is 18.9 Å². The van der Waals surface area contributed by atoms with Crippen molar-refractivity contribution in [2.75, 3.05) is 33.8 Å². The fourth-order valence-electron chi connectivity index (χ4n) is 2.95. The van der Waals surface area contributed by atoms with Crippen LogP contribution in [0.4, 0.5) is 10.5 Å². The molecule has 1 N–H and O–H groups in total. The van der Waals surface area contributed by atoms with Crippen molar-refractivity contribution in [2.45, 2.75) is 45.2 Å². The number of benzene rings is 1. The quantitative estimate of drug-likeness (QED) is 0.331. The van der Waals surface area contributed by atoms with Gasteiger partial charge < -0.3 is 29.2 Å². The molecule has 1 saturated heterocycles. The molecule has 0 radical (unpaired) electrons. The first-order chi connectivity index (χ1) is 14.8. The van der Waals surface area contributed by atoms with Gasteiger partial charge in [-0.1, -0.05) is 6.07 Å². The molecule has 0 bridgehead atoms. The summed E-state index contributed by atoms with van der Waals surface area (Å²) in [7, 11) is 3.39. The Morgan fingerprint density at radius 2 is 2.10 bits per heavy atom. The van der Waals surface area contributed by atoms with Crippen molar-refractivity contribution in [3.63, 3.8) is 0 Å². The first kappa shape index (κ1) is 24.4. The molecule has 1 heterocycles. The Balaban J connectivity index is 1.98. The third-order valence-electron chi connectivity index (χ3n) is 4.63. The van der Waals surface area contributed by atoms with Crippen LogP contribution in [0.3, 0.4) is 0 Å². The number of carbonyl (C=O) groups is 2. The van der Waals surface area contributed by atoms with Crippen LogP contribution in [0.25, 0.3) is 0 Å². The number of nitro benzene ring substituents is 1. The lowest BCUT2D eigenvalue weighted by Gasteiger charge is -2.29. The van der Waals surface area contributed by atoms with Crippen molar-refractivity contribution in [1.29, 1.82) is 0 Å². The zero-order valence-electron chi connectivity index (χ0n) is 18.0. The number of ether oxygens (including phenoxy) is 4. The molecule has 11 nitrogen and oxygen atoms in total. The predicted octanol–water partition coefficient (Wildman–Crippen LogP) is 2.22. The molecule has 1 fully saturated rings. The lowest BCUT2D eigenvalue weighted by molar-refractivity contribution is -0.386. The van der Waals surface area contributed by atoms with Crippen molar-refractivity contribution >= 4 is 17.7 Å². The van der Waals surface area contributed by atoms with E-state index in [1.807, 2.05) is 0 Å². The van der Waals surface area contributed by atoms with Gasteiger partial charge in [0.05, 0.1) is 11.0 Å². The number of hydrogen-bond acceptors (Lipinski definition) is 9. The standard InChI is InChI=1S/C20H29N3O8/c1-14(24)28-13-16-5-4-6-19(30-16)31-18-8-7-15(11-17(18)23(26)27)12-29-20(25)22(3)10-9-21-2/h7-8,11,16,19,21H,4-6,9-10,12-13H2,1-3H3. The molecule has 1 aromatic rings. The third-order valence-corrected chi connectivity index (χ3v) is 4.63. The van der Waals surface area contributed by atoms with Crippen LogP contribution in [-0.4, -0.2) is 68.1 Å². The van der Waals surface area contributed by atoms with E-state index in [0.29, 0.717) is 31.5 Å². The summed E-state index contributed by atoms with van der Waals surface area (Å²) in [4.78, 5) is 35.3. The first-order valence-electron chi connectivity index (χ1n) is 10.1. The van der Waals surface area contributed by atoms with Crippen molar-refractivity contribution in [1.82, 2.24) is 10.2 Å². The van der Waals surface area contributed by atoms with Gasteiger partial charge in [-0.25, -0.2) is 4.79 Å². The van der Waals surface area contributed by atoms with Gasteiger partial charge in [-0.05, 0) is 31.5 Å². The van der Waals surface area contributed by atoms with E-state index in [9.17, 15) is 19.7 Å². The maximum absolute atomic E-state index is 12.0. The predicted molar refractivity (Wildman–Crippen MR) is 110 cm³/mol. The number of rotatable bonds is 10. The van der Waals surface area contributed by atoms with E-state index in [2.05, 4.69) is 5.32 Å². The van der Waals surface area contributed by atoms with Gasteiger partial charge in [-0.3, -0.25) is 14.9 Å². The van der Waals surface area contributed by atoms with Gasteiger partial charge in [0.1, 0.15) is 13.2 Å². The molecular formula is C20H29N3O8. The van der Waals surface area contributed by atoms with Crippen LogP contribution in [0.2, 0.25) is 0 Å². The number of nitrogens with one attached hydrogen (secondary N) is 1. The molecule has 1 amide bonds. The topological polar surface area (TPSA) is 129 Å². The first-order valence-corrected chi connectivity index (χ1v) is 10.1. The molecule has 0 aliphatic carbocycles. The number of nitrogens with zero attached hydrogens (tertiary/aromatic N) is 2. The van der Waals surface area contributed by atoms with Gasteiger partial charge >= 0.3 is 17.7 Å². The molecule has 1 aliphatic heterocycles. The molecule has 11 heteroatoms. The van der Waals surface area contributed by atoms with E-state index < -0.39 is 23.3 Å². The summed E-state index contributed by atoms with van der Waals surface area (Å²) in [5.41, 5.74) is 0.217. The number of hydrogen-bond donors (Lipinski definition) is 1. The van der Waals surface area contributed by atoms with E-state index in [1.54, 1.807) is 20.2 Å². The molecule has 31 heavy (non-hydrogen) atoms. The van der Waals surface area contributed by atoms with Crippen molar-refractivity contribution in [2.24, 2.45) is 0 Å². The second kappa shape index (κ2) is 12.1. The highest BCUT2D eigenvalue weighted by Crippen LogP contribution is 2.31. The Morgan fingerprint density at radius 3 is 2.77 bits per heavy atom. The van der Waals surface area contributed by atoms with Gasteiger partial charge in [0, 0.05) is 39.5 Å². The van der Waals surface area contributed by atoms with Crippen LogP contribution in [0.1, 0.15) is 31.7 Å². The van der Waals surface area contributed by atoms with Gasteiger partial charge in [0.2, 0.25) is 6.29 Å². The molecule has 2 unspecified atom stereocenters. The Morgan fingerprint density at radius 1 is 1.32 bits per heavy atom. The average Bonchev–Trinajstić information content (AvgIpc) is 2.75. The summed E-state index contributed by atoms with van der Waals surface area (Å²) >= 11 is 0. The van der Waals surface area contributed by atoms with Crippen LogP contribution < -0.4 is 10.1 Å². The molecule has 0 spiro atoms. The second-order valence-electron chi connectivity index (χ2n) is 7.18. The summed E-state index contributed by atoms with van der Waals surface area (Å²) in [5, 5.41) is 14.5. The van der Waals surface area contributed by atoms with E-state index in [-0.39, 0.29) is 30.8 Å². The van der Waals surface area contributed by atoms with Crippen LogP contribution in [-0.2, 0) is 25.6 Å². The highest BCUT2D eigenvalue weighted by atomic mass is 16.7. The van der Waals surface area contributed by atoms with Gasteiger partial charge in [0.15, 0.2) is 5.75 Å². The number of likely N-dealkylation sites (N-methyl/N-ethyl adjacent to an activating group) is 2. The lowest BCUT2D eigenvalue weighted by Crippen LogP contribution is -2.35. The second-order valence-corrected chi connectivity index (χ2v) is 7.18. The van der Waals surface area contributed by atoms with Gasteiger partial charge in [-0.15, -0.1) is 0 Å². The highest BCUT2D eigenvalue weighted by Gasteiger charge is 2.27. The molecule has 2 rings (SSSR count). The van der Waals surface area contributed by atoms with Crippen LogP contribution in [0.5, 0.6) is 5.75 Å². The van der Waals surface area contributed by atoms with Gasteiger partial charge in [-0.2, -0.15) is 0 Å². The van der Waals surface area contributed by atoms with Crippen molar-refractivity contribution in [3.8, 4) is 5.75 Å². The van der Waals surface area contributed by atoms with Crippen molar-refractivity contribution in [3.05, 3.63) is 33.9 Å². The van der Waals surface area contributed by atoms with E-state index >= 15 is 0 Å². The average molecular weight is 439 g/mol. The summed E-state index contributed by atoms with van der Waals surface area (Å²) in [6.45, 7) is 2.42. The SMILES string of the molecule is CNCCN(C)C(=O)OCc1ccc(OC2CCCC(COC(C)=O)O2)c([N+](=O)[O-])c1. The zero-order valence-corrected chi connectivity index (χ0v) is 18.0. The Bertz CT molecular complexity index is 773. The number of amides is 1. The van der Waals surface area contributed by atoms with E-state index in [1.165, 1.54) is 24.0 Å². The molecule has 172 valence electrons. The van der Waals surface area contributed by atoms with E-state index in [0.717, 1.165) is 6.42 Å². The fourth-order valence-corrected chi connectivity index (χ4v) is 2.95. The Hall–Kier alpha value is -2.92. The minimum Gasteiger partial charge on any atom is -0.463 e. The van der Waals surface area contributed by atoms with Crippen LogP contribution in [0, 0.1) is 10.1 Å². The normalized spacial score (nSPS) is 18.2. The number of carbonyl (C=O) groups excluding carboxylic acids is 2. The number of esters is 1. The van der Waals surface area contributed by atoms with Crippen LogP contribution >= 0.6 is 0 Å². The molecule has 0 aromatic heterocycles. The minimum atomic E-state index is -0.683. The van der Waals surface area contributed by atoms with Crippen molar-refractivity contribution < 1.29 is 33.5 Å². The molecule has 2 atom stereocenters. The smallest absolute Gasteiger partial charge is 0.409 e. The molecule has 1 aliphatic rings. The maximum atomic E-state index is 12.0. The molecular weight excluding hydrogens is 410 g/mol. The summed E-state index contributed by atoms with van der Waals surface area (Å²) in [6, 6.07) is 4.38. The summed E-state index contributed by atoms with van der Waals surface area (Å²) < 4.78 is 21.6. The Labute approximate surface area is 180 Å². The third kappa shape index (κ3) is 8.02. The summed E-state index contributed by atoms with van der Waals surface area (Å²) in [5.74, 6) is -0.337. The minimum absolute atomic E-state index is 0.0596. The lowest BCUT2D eigenvalue weighted by atomic mass is 10.1. The molecule has 1 aromatic carbocycles. The summed E-state index contributed by atoms with van der Waals surface area (Å²) in [6.07, 6.45) is 0.527. The zero-order chi connectivity index (χ0) is 22.8. The monoisotopic (exact) mass is 439 g/mol. The highest BCUT2D eigenvalue weighted by molar-refractivity contribution is 5.67. The van der Waals surface area contributed by atoms with Crippen LogP contribution in [0.15, 0.2) is 18.2 Å². The van der Waals surface area contributed by atoms with Gasteiger partial charge in [0.25, 0.3) is 0 Å². The largest absolute Gasteiger partial charge is 0.463 e. The Kier molecular flexibility index (Phi) is 9.47.